The Kier molecular flexibility index (Phi) is 5.54. The van der Waals surface area contributed by atoms with Crippen LogP contribution in [0.1, 0.15) is 0 Å². The lowest BCUT2D eigenvalue weighted by atomic mass is 10.0. The molecule has 0 aliphatic rings. The van der Waals surface area contributed by atoms with Crippen molar-refractivity contribution in [3.63, 3.8) is 0 Å². The molecule has 0 spiro atoms. The lowest BCUT2D eigenvalue weighted by Crippen LogP contribution is -1.94. The Labute approximate surface area is 255 Å². The molecule has 2 heterocycles. The second-order valence-electron chi connectivity index (χ2n) is 11.4. The number of fused-ring (bicyclic) bond motifs is 10. The number of aromatic nitrogens is 1. The number of para-hydroxylation sites is 3. The Morgan fingerprint density at radius 3 is 1.64 bits per heavy atom. The van der Waals surface area contributed by atoms with E-state index < -0.39 is 0 Å². The summed E-state index contributed by atoms with van der Waals surface area (Å²) in [5.41, 5.74) is 8.09. The Balaban J connectivity index is 1.47. The van der Waals surface area contributed by atoms with Crippen LogP contribution in [0.25, 0.3) is 70.8 Å². The summed E-state index contributed by atoms with van der Waals surface area (Å²) >= 11 is 0. The fraction of sp³-hybridized carbons (Fsp3) is 0. The smallest absolute Gasteiger partial charge is 0.0619 e. The minimum Gasteiger partial charge on any atom is -0.355 e. The van der Waals surface area contributed by atoms with Gasteiger partial charge in [0, 0.05) is 38.5 Å². The van der Waals surface area contributed by atoms with Gasteiger partial charge in [0.05, 0.1) is 16.6 Å². The first-order chi connectivity index (χ1) is 21.8. The second kappa shape index (κ2) is 9.86. The number of benzene rings is 7. The van der Waals surface area contributed by atoms with Crippen LogP contribution in [-0.2, 0) is 0 Å². The quantitative estimate of drug-likeness (QED) is 0.227. The Morgan fingerprint density at radius 1 is 0.364 bits per heavy atom. The number of anilines is 2. The Hall–Kier alpha value is -5.86. The molecule has 44 heavy (non-hydrogen) atoms. The zero-order valence-electron chi connectivity index (χ0n) is 24.0. The number of rotatable bonds is 3. The van der Waals surface area contributed by atoms with E-state index in [-0.39, 0.29) is 0 Å². The molecule has 0 aliphatic carbocycles. The van der Waals surface area contributed by atoms with Crippen LogP contribution < -0.4 is 5.32 Å². The molecular weight excluding hydrogens is 532 g/mol. The van der Waals surface area contributed by atoms with Crippen molar-refractivity contribution >= 4 is 71.0 Å². The molecular formula is C42H28N2. The lowest BCUT2D eigenvalue weighted by molar-refractivity contribution is 1.35. The molecule has 1 N–H and O–H groups in total. The number of nitrogens with one attached hydrogen (secondary N) is 1. The highest BCUT2D eigenvalue weighted by Crippen LogP contribution is 2.39. The zero-order chi connectivity index (χ0) is 29.0. The summed E-state index contributed by atoms with van der Waals surface area (Å²) in [6, 6.07) is 59.2. The molecule has 0 bridgehead atoms. The summed E-state index contributed by atoms with van der Waals surface area (Å²) in [6.07, 6.45) is 0. The maximum atomic E-state index is 3.80. The lowest BCUT2D eigenvalue weighted by Gasteiger charge is -2.14. The highest BCUT2D eigenvalue weighted by molar-refractivity contribution is 6.25. The van der Waals surface area contributed by atoms with Crippen molar-refractivity contribution in [2.24, 2.45) is 0 Å². The van der Waals surface area contributed by atoms with E-state index in [0.717, 1.165) is 16.9 Å². The van der Waals surface area contributed by atoms with Crippen molar-refractivity contribution in [1.29, 1.82) is 0 Å². The fourth-order valence-electron chi connectivity index (χ4n) is 7.03. The molecule has 0 unspecified atom stereocenters. The van der Waals surface area contributed by atoms with Crippen LogP contribution in [-0.4, -0.2) is 4.40 Å². The molecule has 0 saturated heterocycles. The molecule has 9 aromatic rings. The molecule has 7 aromatic carbocycles. The molecule has 0 radical (unpaired) electrons. The molecule has 2 aromatic heterocycles. The van der Waals surface area contributed by atoms with Crippen molar-refractivity contribution in [3.05, 3.63) is 164 Å². The van der Waals surface area contributed by atoms with E-state index in [1.165, 1.54) is 65.3 Å². The predicted octanol–water partition coefficient (Wildman–Crippen LogP) is 11.7. The van der Waals surface area contributed by atoms with Gasteiger partial charge in [-0.15, -0.1) is 0 Å². The van der Waals surface area contributed by atoms with E-state index in [0.29, 0.717) is 0 Å². The maximum Gasteiger partial charge on any atom is 0.0619 e. The van der Waals surface area contributed by atoms with Crippen LogP contribution in [0.4, 0.5) is 11.4 Å². The van der Waals surface area contributed by atoms with Crippen molar-refractivity contribution in [1.82, 2.24) is 4.40 Å². The van der Waals surface area contributed by atoms with Gasteiger partial charge in [0.25, 0.3) is 0 Å². The summed E-state index contributed by atoms with van der Waals surface area (Å²) in [5.74, 6) is 0. The van der Waals surface area contributed by atoms with E-state index in [1.54, 1.807) is 0 Å². The first-order valence-corrected chi connectivity index (χ1v) is 15.1. The van der Waals surface area contributed by atoms with Gasteiger partial charge in [-0.2, -0.15) is 0 Å². The third kappa shape index (κ3) is 3.75. The Morgan fingerprint density at radius 2 is 0.886 bits per heavy atom. The Bertz CT molecular complexity index is 2580. The van der Waals surface area contributed by atoms with Crippen LogP contribution in [0.2, 0.25) is 0 Å². The summed E-state index contributed by atoms with van der Waals surface area (Å²) in [4.78, 5) is 0. The molecule has 0 amide bonds. The predicted molar refractivity (Wildman–Crippen MR) is 189 cm³/mol. The number of hydrogen-bond donors (Lipinski definition) is 1. The van der Waals surface area contributed by atoms with Crippen molar-refractivity contribution in [2.75, 3.05) is 5.32 Å². The van der Waals surface area contributed by atoms with Gasteiger partial charge < -0.3 is 9.72 Å². The number of nitrogens with zero attached hydrogens (tertiary/aromatic N) is 1. The second-order valence-corrected chi connectivity index (χ2v) is 11.4. The average molecular weight is 561 g/mol. The van der Waals surface area contributed by atoms with Crippen LogP contribution in [0.3, 0.4) is 0 Å². The minimum atomic E-state index is 1.05. The summed E-state index contributed by atoms with van der Waals surface area (Å²) in [5, 5.41) is 13.7. The molecule has 2 nitrogen and oxygen atoms in total. The fourth-order valence-corrected chi connectivity index (χ4v) is 7.03. The molecule has 0 fully saturated rings. The molecule has 0 aliphatic heterocycles. The van der Waals surface area contributed by atoms with Gasteiger partial charge >= 0.3 is 0 Å². The first-order valence-electron chi connectivity index (χ1n) is 15.1. The van der Waals surface area contributed by atoms with Crippen LogP contribution in [0.5, 0.6) is 0 Å². The zero-order valence-corrected chi connectivity index (χ0v) is 24.0. The van der Waals surface area contributed by atoms with Crippen molar-refractivity contribution < 1.29 is 0 Å². The molecule has 9 rings (SSSR count). The molecule has 2 heteroatoms. The van der Waals surface area contributed by atoms with Crippen LogP contribution in [0, 0.1) is 0 Å². The van der Waals surface area contributed by atoms with Crippen LogP contribution >= 0.6 is 0 Å². The topological polar surface area (TPSA) is 16.4 Å². The third-order valence-electron chi connectivity index (χ3n) is 8.95. The average Bonchev–Trinajstić information content (AvgIpc) is 3.45. The largest absolute Gasteiger partial charge is 0.355 e. The van der Waals surface area contributed by atoms with E-state index in [1.807, 2.05) is 0 Å². The van der Waals surface area contributed by atoms with Gasteiger partial charge in [-0.05, 0) is 51.4 Å². The normalized spacial score (nSPS) is 11.6. The monoisotopic (exact) mass is 560 g/mol. The van der Waals surface area contributed by atoms with Gasteiger partial charge in [-0.25, -0.2) is 0 Å². The van der Waals surface area contributed by atoms with Gasteiger partial charge in [0.2, 0.25) is 0 Å². The highest BCUT2D eigenvalue weighted by Gasteiger charge is 2.15. The van der Waals surface area contributed by atoms with E-state index in [2.05, 4.69) is 174 Å². The van der Waals surface area contributed by atoms with Crippen molar-refractivity contribution in [3.8, 4) is 11.1 Å². The van der Waals surface area contributed by atoms with Gasteiger partial charge in [0.1, 0.15) is 0 Å². The van der Waals surface area contributed by atoms with Gasteiger partial charge in [-0.3, -0.25) is 0 Å². The van der Waals surface area contributed by atoms with Crippen LogP contribution in [0.15, 0.2) is 164 Å². The highest BCUT2D eigenvalue weighted by atomic mass is 14.9. The third-order valence-corrected chi connectivity index (χ3v) is 8.95. The van der Waals surface area contributed by atoms with Crippen molar-refractivity contribution in [2.45, 2.75) is 0 Å². The number of hydrogen-bond acceptors (Lipinski definition) is 1. The maximum absolute atomic E-state index is 3.80. The van der Waals surface area contributed by atoms with E-state index >= 15 is 0 Å². The SMILES string of the molecule is c1ccc(-c2ccccc2Nc2ccc3c4ccccc4c4ccccc4c4cccc5c6ccccc6n(c3c2)c45)cc1. The van der Waals surface area contributed by atoms with E-state index in [4.69, 9.17) is 0 Å². The minimum absolute atomic E-state index is 1.05. The van der Waals surface area contributed by atoms with Gasteiger partial charge in [0.15, 0.2) is 0 Å². The molecule has 206 valence electrons. The summed E-state index contributed by atoms with van der Waals surface area (Å²) in [6.45, 7) is 0. The molecule has 0 saturated carbocycles. The van der Waals surface area contributed by atoms with Gasteiger partial charge in [-0.1, -0.05) is 140 Å². The first kappa shape index (κ1) is 24.7. The molecule has 0 atom stereocenters. The summed E-state index contributed by atoms with van der Waals surface area (Å²) < 4.78 is 2.49. The summed E-state index contributed by atoms with van der Waals surface area (Å²) in [7, 11) is 0. The standard InChI is InChI=1S/C42H28N2/c1-2-13-28(14-3-1)30-15-8-10-23-39(30)43-29-25-26-36-33-18-6-4-16-31(33)32-17-5-7-19-34(32)37-21-12-22-38-35-20-9-11-24-40(35)44(42(37)38)41(36)27-29/h1-27,43H. The van der Waals surface area contributed by atoms with E-state index in [9.17, 15) is 0 Å².